The number of rotatable bonds is 2. The Morgan fingerprint density at radius 2 is 1.59 bits per heavy atom. The summed E-state index contributed by atoms with van der Waals surface area (Å²) in [6.45, 7) is 7.17. The Morgan fingerprint density at radius 1 is 0.941 bits per heavy atom. The average Bonchev–Trinajstić information content (AvgIpc) is 2.28. The molecule has 1 heteroatoms. The zero-order valence-electron chi connectivity index (χ0n) is 12.3. The third-order valence-electron chi connectivity index (χ3n) is 5.30. The van der Waals surface area contributed by atoms with E-state index in [1.165, 1.54) is 44.9 Å². The van der Waals surface area contributed by atoms with Crippen molar-refractivity contribution in [3.8, 4) is 0 Å². The number of fused-ring (bicyclic) bond motifs is 1. The van der Waals surface area contributed by atoms with Crippen molar-refractivity contribution in [1.29, 1.82) is 0 Å². The molecule has 0 aromatic carbocycles. The maximum absolute atomic E-state index is 3.61. The summed E-state index contributed by atoms with van der Waals surface area (Å²) in [5, 5.41) is 3.61. The van der Waals surface area contributed by atoms with Crippen LogP contribution in [-0.2, 0) is 0 Å². The van der Waals surface area contributed by atoms with Crippen molar-refractivity contribution in [2.45, 2.75) is 71.8 Å². The van der Waals surface area contributed by atoms with Crippen molar-refractivity contribution in [3.05, 3.63) is 0 Å². The Morgan fingerprint density at radius 3 is 2.18 bits per heavy atom. The Hall–Kier alpha value is -0.0400. The van der Waals surface area contributed by atoms with Gasteiger partial charge in [-0.2, -0.15) is 0 Å². The lowest BCUT2D eigenvalue weighted by Crippen LogP contribution is -2.47. The van der Waals surface area contributed by atoms with E-state index in [4.69, 9.17) is 0 Å². The molecule has 0 amide bonds. The van der Waals surface area contributed by atoms with Gasteiger partial charge in [0.05, 0.1) is 0 Å². The third kappa shape index (κ3) is 3.05. The minimum Gasteiger partial charge on any atom is -0.316 e. The fraction of sp³-hybridized carbons (Fsp3) is 1.00. The van der Waals surface area contributed by atoms with Gasteiger partial charge in [0.25, 0.3) is 0 Å². The number of nitrogens with one attached hydrogen (secondary N) is 1. The van der Waals surface area contributed by atoms with Gasteiger partial charge in [0.1, 0.15) is 0 Å². The molecule has 4 unspecified atom stereocenters. The predicted octanol–water partition coefficient (Wildman–Crippen LogP) is 4.23. The standard InChI is InChI=1S/C16H31N/c1-16(2,3)15(17-4)14-10-9-12-7-5-6-8-13(12)11-14/h12-15,17H,5-11H2,1-4H3. The fourth-order valence-electron chi connectivity index (χ4n) is 4.59. The molecular formula is C16H31N. The van der Waals surface area contributed by atoms with E-state index in [9.17, 15) is 0 Å². The second-order valence-corrected chi connectivity index (χ2v) is 7.51. The van der Waals surface area contributed by atoms with E-state index in [1.807, 2.05) is 0 Å². The van der Waals surface area contributed by atoms with Gasteiger partial charge in [0.15, 0.2) is 0 Å². The minimum absolute atomic E-state index is 0.404. The van der Waals surface area contributed by atoms with Crippen molar-refractivity contribution in [2.75, 3.05) is 7.05 Å². The van der Waals surface area contributed by atoms with Crippen molar-refractivity contribution in [3.63, 3.8) is 0 Å². The highest BCUT2D eigenvalue weighted by Gasteiger charge is 2.38. The van der Waals surface area contributed by atoms with Gasteiger partial charge in [0.2, 0.25) is 0 Å². The maximum atomic E-state index is 3.61. The molecule has 0 spiro atoms. The van der Waals surface area contributed by atoms with Crippen LogP contribution in [0.2, 0.25) is 0 Å². The van der Waals surface area contributed by atoms with Gasteiger partial charge in [-0.15, -0.1) is 0 Å². The highest BCUT2D eigenvalue weighted by Crippen LogP contribution is 2.45. The van der Waals surface area contributed by atoms with E-state index in [0.717, 1.165) is 17.8 Å². The summed E-state index contributed by atoms with van der Waals surface area (Å²) in [6, 6.07) is 0.699. The number of hydrogen-bond donors (Lipinski definition) is 1. The SMILES string of the molecule is CNC(C1CCC2CCCCC2C1)C(C)(C)C. The summed E-state index contributed by atoms with van der Waals surface area (Å²) in [5.74, 6) is 3.05. The summed E-state index contributed by atoms with van der Waals surface area (Å²) >= 11 is 0. The third-order valence-corrected chi connectivity index (χ3v) is 5.30. The maximum Gasteiger partial charge on any atom is 0.0141 e. The molecule has 2 fully saturated rings. The highest BCUT2D eigenvalue weighted by molar-refractivity contribution is 4.92. The van der Waals surface area contributed by atoms with E-state index < -0.39 is 0 Å². The summed E-state index contributed by atoms with van der Waals surface area (Å²) in [5.41, 5.74) is 0.404. The van der Waals surface area contributed by atoms with Gasteiger partial charge >= 0.3 is 0 Å². The largest absolute Gasteiger partial charge is 0.316 e. The Kier molecular flexibility index (Phi) is 4.18. The molecule has 2 aliphatic carbocycles. The summed E-state index contributed by atoms with van der Waals surface area (Å²) in [4.78, 5) is 0. The lowest BCUT2D eigenvalue weighted by Gasteiger charge is -2.45. The topological polar surface area (TPSA) is 12.0 Å². The normalized spacial score (nSPS) is 36.4. The van der Waals surface area contributed by atoms with Gasteiger partial charge in [-0.3, -0.25) is 0 Å². The molecule has 0 aliphatic heterocycles. The highest BCUT2D eigenvalue weighted by atomic mass is 14.9. The lowest BCUT2D eigenvalue weighted by atomic mass is 9.63. The van der Waals surface area contributed by atoms with Crippen LogP contribution in [0.3, 0.4) is 0 Å². The molecule has 0 radical (unpaired) electrons. The van der Waals surface area contributed by atoms with Crippen LogP contribution in [-0.4, -0.2) is 13.1 Å². The zero-order valence-corrected chi connectivity index (χ0v) is 12.3. The summed E-state index contributed by atoms with van der Waals surface area (Å²) < 4.78 is 0. The monoisotopic (exact) mass is 237 g/mol. The molecule has 0 heterocycles. The molecule has 2 saturated carbocycles. The molecule has 0 bridgehead atoms. The van der Waals surface area contributed by atoms with E-state index >= 15 is 0 Å². The van der Waals surface area contributed by atoms with Gasteiger partial charge in [-0.05, 0) is 49.5 Å². The first-order valence-corrected chi connectivity index (χ1v) is 7.69. The predicted molar refractivity (Wildman–Crippen MR) is 75.1 cm³/mol. The molecule has 2 rings (SSSR count). The summed E-state index contributed by atoms with van der Waals surface area (Å²) in [6.07, 6.45) is 10.5. The van der Waals surface area contributed by atoms with Crippen LogP contribution in [0, 0.1) is 23.2 Å². The zero-order chi connectivity index (χ0) is 12.5. The van der Waals surface area contributed by atoms with E-state index in [1.54, 1.807) is 0 Å². The molecule has 0 aromatic rings. The van der Waals surface area contributed by atoms with Crippen LogP contribution in [0.5, 0.6) is 0 Å². The van der Waals surface area contributed by atoms with Gasteiger partial charge < -0.3 is 5.32 Å². The van der Waals surface area contributed by atoms with Gasteiger partial charge in [-0.25, -0.2) is 0 Å². The molecule has 1 nitrogen and oxygen atoms in total. The first-order chi connectivity index (χ1) is 8.02. The van der Waals surface area contributed by atoms with Crippen molar-refractivity contribution in [1.82, 2.24) is 5.32 Å². The Balaban J connectivity index is 1.98. The van der Waals surface area contributed by atoms with E-state index in [0.29, 0.717) is 11.5 Å². The average molecular weight is 237 g/mol. The first-order valence-electron chi connectivity index (χ1n) is 7.69. The van der Waals surface area contributed by atoms with E-state index in [2.05, 4.69) is 33.1 Å². The van der Waals surface area contributed by atoms with Gasteiger partial charge in [-0.1, -0.05) is 46.5 Å². The van der Waals surface area contributed by atoms with E-state index in [-0.39, 0.29) is 0 Å². The minimum atomic E-state index is 0.404. The van der Waals surface area contributed by atoms with Crippen molar-refractivity contribution >= 4 is 0 Å². The second kappa shape index (κ2) is 5.30. The van der Waals surface area contributed by atoms with Gasteiger partial charge in [0, 0.05) is 6.04 Å². The fourth-order valence-corrected chi connectivity index (χ4v) is 4.59. The van der Waals surface area contributed by atoms with Crippen molar-refractivity contribution in [2.24, 2.45) is 23.2 Å². The lowest BCUT2D eigenvalue weighted by molar-refractivity contribution is 0.0792. The Bertz CT molecular complexity index is 240. The second-order valence-electron chi connectivity index (χ2n) is 7.51. The summed E-state index contributed by atoms with van der Waals surface area (Å²) in [7, 11) is 2.16. The van der Waals surface area contributed by atoms with Crippen LogP contribution in [0.25, 0.3) is 0 Å². The smallest absolute Gasteiger partial charge is 0.0141 e. The number of hydrogen-bond acceptors (Lipinski definition) is 1. The molecule has 4 atom stereocenters. The molecule has 1 N–H and O–H groups in total. The molecular weight excluding hydrogens is 206 g/mol. The van der Waals surface area contributed by atoms with Crippen LogP contribution < -0.4 is 5.32 Å². The first kappa shape index (κ1) is 13.4. The quantitative estimate of drug-likeness (QED) is 0.758. The van der Waals surface area contributed by atoms with Crippen LogP contribution >= 0.6 is 0 Å². The van der Waals surface area contributed by atoms with Crippen LogP contribution in [0.15, 0.2) is 0 Å². The van der Waals surface area contributed by atoms with Crippen molar-refractivity contribution < 1.29 is 0 Å². The molecule has 17 heavy (non-hydrogen) atoms. The van der Waals surface area contributed by atoms with Crippen LogP contribution in [0.1, 0.15) is 65.7 Å². The molecule has 0 aromatic heterocycles. The van der Waals surface area contributed by atoms with Crippen LogP contribution in [0.4, 0.5) is 0 Å². The molecule has 100 valence electrons. The Labute approximate surface area is 108 Å². The molecule has 2 aliphatic rings. The molecule has 0 saturated heterocycles.